The first kappa shape index (κ1) is 16.0. The van der Waals surface area contributed by atoms with Gasteiger partial charge in [0, 0.05) is 11.1 Å². The summed E-state index contributed by atoms with van der Waals surface area (Å²) in [6, 6.07) is 4.69. The highest BCUT2D eigenvalue weighted by Crippen LogP contribution is 2.25. The van der Waals surface area contributed by atoms with Crippen LogP contribution in [0.15, 0.2) is 18.2 Å². The summed E-state index contributed by atoms with van der Waals surface area (Å²) < 4.78 is 9.61. The fourth-order valence-electron chi connectivity index (χ4n) is 1.30. The molecule has 96 valence electrons. The number of carbonyl (C=O) groups is 1. The Hall–Kier alpha value is -0.970. The van der Waals surface area contributed by atoms with E-state index >= 15 is 0 Å². The fraction of sp³-hybridized carbons (Fsp3) is 0.364. The maximum Gasteiger partial charge on any atom is 0.307 e. The predicted octanol–water partition coefficient (Wildman–Crippen LogP) is 2.33. The summed E-state index contributed by atoms with van der Waals surface area (Å²) in [5.41, 5.74) is 6.59. The molecule has 0 aliphatic heterocycles. The lowest BCUT2D eigenvalue weighted by Crippen LogP contribution is -2.16. The van der Waals surface area contributed by atoms with Crippen LogP contribution in [0.1, 0.15) is 18.0 Å². The number of rotatable bonds is 4. The van der Waals surface area contributed by atoms with Crippen LogP contribution in [0.25, 0.3) is 0 Å². The van der Waals surface area contributed by atoms with Crippen LogP contribution in [0.2, 0.25) is 5.02 Å². The van der Waals surface area contributed by atoms with Gasteiger partial charge in [-0.1, -0.05) is 11.6 Å². The van der Waals surface area contributed by atoms with Crippen LogP contribution in [0.3, 0.4) is 0 Å². The lowest BCUT2D eigenvalue weighted by Gasteiger charge is -2.12. The van der Waals surface area contributed by atoms with Crippen LogP contribution in [0.4, 0.5) is 0 Å². The van der Waals surface area contributed by atoms with Crippen molar-refractivity contribution in [3.63, 3.8) is 0 Å². The number of hydrogen-bond donors (Lipinski definition) is 1. The molecule has 0 radical (unpaired) electrons. The van der Waals surface area contributed by atoms with E-state index in [1.807, 2.05) is 0 Å². The second-order valence-electron chi connectivity index (χ2n) is 3.31. The Morgan fingerprint density at radius 2 is 2.06 bits per heavy atom. The molecular weight excluding hydrogens is 265 g/mol. The van der Waals surface area contributed by atoms with Gasteiger partial charge in [-0.15, -0.1) is 12.4 Å². The SMILES string of the molecule is COC(=O)CC(N)c1cc(Cl)cc(OC)c1.Cl. The summed E-state index contributed by atoms with van der Waals surface area (Å²) in [5.74, 6) is 0.259. The molecule has 1 aromatic carbocycles. The van der Waals surface area contributed by atoms with Crippen molar-refractivity contribution in [1.29, 1.82) is 0 Å². The first-order valence-electron chi connectivity index (χ1n) is 4.73. The highest BCUT2D eigenvalue weighted by molar-refractivity contribution is 6.30. The largest absolute Gasteiger partial charge is 0.497 e. The van der Waals surface area contributed by atoms with Crippen molar-refractivity contribution >= 4 is 30.0 Å². The zero-order valence-electron chi connectivity index (χ0n) is 9.60. The van der Waals surface area contributed by atoms with Gasteiger partial charge in [0.2, 0.25) is 0 Å². The zero-order chi connectivity index (χ0) is 12.1. The van der Waals surface area contributed by atoms with Crippen molar-refractivity contribution in [1.82, 2.24) is 0 Å². The quantitative estimate of drug-likeness (QED) is 0.860. The maximum absolute atomic E-state index is 11.1. The second-order valence-corrected chi connectivity index (χ2v) is 3.75. The number of esters is 1. The van der Waals surface area contributed by atoms with E-state index in [2.05, 4.69) is 4.74 Å². The highest BCUT2D eigenvalue weighted by Gasteiger charge is 2.13. The number of hydrogen-bond acceptors (Lipinski definition) is 4. The monoisotopic (exact) mass is 279 g/mol. The van der Waals surface area contributed by atoms with Crippen LogP contribution in [0, 0.1) is 0 Å². The van der Waals surface area contributed by atoms with E-state index in [1.54, 1.807) is 25.3 Å². The summed E-state index contributed by atoms with van der Waals surface area (Å²) in [4.78, 5) is 11.1. The average molecular weight is 280 g/mol. The van der Waals surface area contributed by atoms with Gasteiger partial charge in [0.05, 0.1) is 20.6 Å². The fourth-order valence-corrected chi connectivity index (χ4v) is 1.53. The molecule has 0 spiro atoms. The van der Waals surface area contributed by atoms with Crippen molar-refractivity contribution in [2.45, 2.75) is 12.5 Å². The molecule has 1 unspecified atom stereocenters. The van der Waals surface area contributed by atoms with Crippen LogP contribution in [-0.4, -0.2) is 20.2 Å². The molecule has 0 aliphatic carbocycles. The minimum Gasteiger partial charge on any atom is -0.497 e. The number of benzene rings is 1. The van der Waals surface area contributed by atoms with Crippen molar-refractivity contribution in [3.8, 4) is 5.75 Å². The molecule has 0 aliphatic rings. The molecule has 0 saturated carbocycles. The normalized spacial score (nSPS) is 11.3. The standard InChI is InChI=1S/C11H14ClNO3.ClH/c1-15-9-4-7(3-8(12)5-9)10(13)6-11(14)16-2;/h3-5,10H,6,13H2,1-2H3;1H. The molecular formula is C11H15Cl2NO3. The van der Waals surface area contributed by atoms with Gasteiger partial charge in [-0.05, 0) is 23.8 Å². The van der Waals surface area contributed by atoms with Crippen LogP contribution >= 0.6 is 24.0 Å². The third-order valence-electron chi connectivity index (χ3n) is 2.17. The lowest BCUT2D eigenvalue weighted by molar-refractivity contribution is -0.141. The topological polar surface area (TPSA) is 61.5 Å². The van der Waals surface area contributed by atoms with Crippen molar-refractivity contribution in [2.24, 2.45) is 5.73 Å². The Labute approximate surface area is 111 Å². The van der Waals surface area contributed by atoms with Gasteiger partial charge in [0.25, 0.3) is 0 Å². The van der Waals surface area contributed by atoms with Crippen molar-refractivity contribution in [3.05, 3.63) is 28.8 Å². The number of ether oxygens (including phenoxy) is 2. The molecule has 6 heteroatoms. The molecule has 1 atom stereocenters. The van der Waals surface area contributed by atoms with E-state index in [1.165, 1.54) is 7.11 Å². The molecule has 0 amide bonds. The van der Waals surface area contributed by atoms with Crippen LogP contribution in [0.5, 0.6) is 5.75 Å². The Balaban J connectivity index is 0.00000256. The van der Waals surface area contributed by atoms with Gasteiger partial charge < -0.3 is 15.2 Å². The molecule has 1 rings (SSSR count). The number of carbonyl (C=O) groups excluding carboxylic acids is 1. The summed E-state index contributed by atoms with van der Waals surface area (Å²) in [7, 11) is 2.87. The van der Waals surface area contributed by atoms with E-state index in [0.717, 1.165) is 5.56 Å². The minimum absolute atomic E-state index is 0. The highest BCUT2D eigenvalue weighted by atomic mass is 35.5. The third kappa shape index (κ3) is 4.81. The van der Waals surface area contributed by atoms with E-state index in [-0.39, 0.29) is 24.8 Å². The smallest absolute Gasteiger partial charge is 0.307 e. The molecule has 17 heavy (non-hydrogen) atoms. The van der Waals surface area contributed by atoms with Gasteiger partial charge in [0.15, 0.2) is 0 Å². The van der Waals surface area contributed by atoms with Gasteiger partial charge in [-0.2, -0.15) is 0 Å². The summed E-state index contributed by atoms with van der Waals surface area (Å²) >= 11 is 5.89. The molecule has 1 aromatic rings. The van der Waals surface area contributed by atoms with Crippen molar-refractivity contribution < 1.29 is 14.3 Å². The lowest BCUT2D eigenvalue weighted by atomic mass is 10.0. The van der Waals surface area contributed by atoms with E-state index in [0.29, 0.717) is 10.8 Å². The Morgan fingerprint density at radius 1 is 1.41 bits per heavy atom. The second kappa shape index (κ2) is 7.37. The van der Waals surface area contributed by atoms with E-state index < -0.39 is 6.04 Å². The van der Waals surface area contributed by atoms with Gasteiger partial charge in [0.1, 0.15) is 5.75 Å². The Morgan fingerprint density at radius 3 is 2.59 bits per heavy atom. The zero-order valence-corrected chi connectivity index (χ0v) is 11.2. The summed E-state index contributed by atoms with van der Waals surface area (Å²) in [5, 5.41) is 0.523. The summed E-state index contributed by atoms with van der Waals surface area (Å²) in [6.45, 7) is 0. The first-order valence-corrected chi connectivity index (χ1v) is 5.11. The average Bonchev–Trinajstić information content (AvgIpc) is 2.27. The maximum atomic E-state index is 11.1. The Bertz CT molecular complexity index is 385. The van der Waals surface area contributed by atoms with Gasteiger partial charge in [-0.3, -0.25) is 4.79 Å². The number of halogens is 2. The minimum atomic E-state index is -0.444. The molecule has 0 saturated heterocycles. The molecule has 2 N–H and O–H groups in total. The summed E-state index contributed by atoms with van der Waals surface area (Å²) in [6.07, 6.45) is 0.111. The predicted molar refractivity (Wildman–Crippen MR) is 68.8 cm³/mol. The van der Waals surface area contributed by atoms with E-state index in [4.69, 9.17) is 22.1 Å². The van der Waals surface area contributed by atoms with Gasteiger partial charge >= 0.3 is 5.97 Å². The van der Waals surface area contributed by atoms with E-state index in [9.17, 15) is 4.79 Å². The Kier molecular flexibility index (Phi) is 6.95. The van der Waals surface area contributed by atoms with Crippen molar-refractivity contribution in [2.75, 3.05) is 14.2 Å². The van der Waals surface area contributed by atoms with Crippen LogP contribution in [-0.2, 0) is 9.53 Å². The first-order chi connectivity index (χ1) is 7.56. The molecule has 4 nitrogen and oxygen atoms in total. The van der Waals surface area contributed by atoms with Crippen LogP contribution < -0.4 is 10.5 Å². The third-order valence-corrected chi connectivity index (χ3v) is 2.39. The molecule has 0 bridgehead atoms. The number of methoxy groups -OCH3 is 2. The molecule has 0 heterocycles. The number of nitrogens with two attached hydrogens (primary N) is 1. The van der Waals surface area contributed by atoms with Gasteiger partial charge in [-0.25, -0.2) is 0 Å². The molecule has 0 aromatic heterocycles. The molecule has 0 fully saturated rings.